The normalized spacial score (nSPS) is 24.2. The zero-order valence-electron chi connectivity index (χ0n) is 8.76. The molecule has 0 heterocycles. The van der Waals surface area contributed by atoms with E-state index >= 15 is 0 Å². The molecule has 1 aliphatic carbocycles. The Kier molecular flexibility index (Phi) is 3.27. The quantitative estimate of drug-likeness (QED) is 0.832. The zero-order valence-corrected chi connectivity index (χ0v) is 9.52. The van der Waals surface area contributed by atoms with E-state index in [1.165, 1.54) is 25.0 Å². The molecule has 82 valence electrons. The molecule has 1 saturated carbocycles. The Morgan fingerprint density at radius 1 is 1.53 bits per heavy atom. The third kappa shape index (κ3) is 2.70. The summed E-state index contributed by atoms with van der Waals surface area (Å²) in [4.78, 5) is 0. The minimum atomic E-state index is -0.276. The van der Waals surface area contributed by atoms with Gasteiger partial charge in [0.15, 0.2) is 0 Å². The summed E-state index contributed by atoms with van der Waals surface area (Å²) < 4.78 is 12.8. The van der Waals surface area contributed by atoms with Crippen LogP contribution in [-0.4, -0.2) is 6.04 Å². The van der Waals surface area contributed by atoms with E-state index in [0.717, 1.165) is 18.0 Å². The highest BCUT2D eigenvalue weighted by molar-refractivity contribution is 6.31. The first-order chi connectivity index (χ1) is 7.20. The van der Waals surface area contributed by atoms with Crippen LogP contribution in [-0.2, 0) is 6.54 Å². The number of nitrogens with one attached hydrogen (secondary N) is 1. The Morgan fingerprint density at radius 2 is 2.33 bits per heavy atom. The van der Waals surface area contributed by atoms with E-state index in [1.807, 2.05) is 0 Å². The summed E-state index contributed by atoms with van der Waals surface area (Å²) >= 11 is 5.92. The third-order valence-corrected chi connectivity index (χ3v) is 3.37. The number of halogens is 2. The first-order valence-electron chi connectivity index (χ1n) is 5.38. The molecule has 1 aromatic carbocycles. The van der Waals surface area contributed by atoms with Gasteiger partial charge in [0.25, 0.3) is 0 Å². The van der Waals surface area contributed by atoms with Crippen molar-refractivity contribution >= 4 is 11.6 Å². The Morgan fingerprint density at radius 3 is 2.93 bits per heavy atom. The molecule has 2 atom stereocenters. The zero-order chi connectivity index (χ0) is 10.8. The van der Waals surface area contributed by atoms with Crippen LogP contribution in [0.3, 0.4) is 0 Å². The van der Waals surface area contributed by atoms with Crippen LogP contribution in [0.1, 0.15) is 25.3 Å². The lowest BCUT2D eigenvalue weighted by Crippen LogP contribution is -2.17. The fraction of sp³-hybridized carbons (Fsp3) is 0.500. The molecule has 1 N–H and O–H groups in total. The maximum Gasteiger partial charge on any atom is 0.124 e. The molecular weight excluding hydrogens is 213 g/mol. The SMILES string of the molecule is CCC1CC1NCc1ccc(F)cc1Cl. The highest BCUT2D eigenvalue weighted by Gasteiger charge is 2.34. The average Bonchev–Trinajstić information content (AvgIpc) is 2.95. The lowest BCUT2D eigenvalue weighted by Gasteiger charge is -2.06. The van der Waals surface area contributed by atoms with Crippen LogP contribution in [0.2, 0.25) is 5.02 Å². The number of benzene rings is 1. The van der Waals surface area contributed by atoms with Gasteiger partial charge in [0.2, 0.25) is 0 Å². The van der Waals surface area contributed by atoms with E-state index in [-0.39, 0.29) is 5.82 Å². The van der Waals surface area contributed by atoms with Crippen LogP contribution < -0.4 is 5.32 Å². The van der Waals surface area contributed by atoms with Crippen LogP contribution in [0.15, 0.2) is 18.2 Å². The van der Waals surface area contributed by atoms with E-state index in [9.17, 15) is 4.39 Å². The Balaban J connectivity index is 1.88. The molecule has 2 unspecified atom stereocenters. The number of hydrogen-bond donors (Lipinski definition) is 1. The van der Waals surface area contributed by atoms with Crippen LogP contribution in [0.25, 0.3) is 0 Å². The molecule has 3 heteroatoms. The van der Waals surface area contributed by atoms with Gasteiger partial charge in [0.05, 0.1) is 0 Å². The van der Waals surface area contributed by atoms with E-state index in [0.29, 0.717) is 11.1 Å². The summed E-state index contributed by atoms with van der Waals surface area (Å²) in [7, 11) is 0. The second kappa shape index (κ2) is 4.50. The Bertz CT molecular complexity index is 353. The molecule has 0 amide bonds. The molecule has 0 aliphatic heterocycles. The van der Waals surface area contributed by atoms with Crippen LogP contribution in [0.4, 0.5) is 4.39 Å². The van der Waals surface area contributed by atoms with E-state index in [4.69, 9.17) is 11.6 Å². The van der Waals surface area contributed by atoms with Gasteiger partial charge in [0.1, 0.15) is 5.82 Å². The van der Waals surface area contributed by atoms with Crippen molar-refractivity contribution < 1.29 is 4.39 Å². The van der Waals surface area contributed by atoms with Crippen LogP contribution >= 0.6 is 11.6 Å². The van der Waals surface area contributed by atoms with Crippen molar-refractivity contribution in [2.24, 2.45) is 5.92 Å². The van der Waals surface area contributed by atoms with Gasteiger partial charge in [-0.2, -0.15) is 0 Å². The number of hydrogen-bond acceptors (Lipinski definition) is 1. The van der Waals surface area contributed by atoms with Gasteiger partial charge in [-0.05, 0) is 30.0 Å². The molecule has 0 aromatic heterocycles. The van der Waals surface area contributed by atoms with Gasteiger partial charge in [-0.25, -0.2) is 4.39 Å². The van der Waals surface area contributed by atoms with Gasteiger partial charge in [0, 0.05) is 17.6 Å². The summed E-state index contributed by atoms with van der Waals surface area (Å²) in [5.41, 5.74) is 0.972. The predicted molar refractivity (Wildman–Crippen MR) is 60.4 cm³/mol. The molecular formula is C12H15ClFN. The first kappa shape index (κ1) is 10.9. The van der Waals surface area contributed by atoms with Crippen molar-refractivity contribution in [3.63, 3.8) is 0 Å². The van der Waals surface area contributed by atoms with Gasteiger partial charge >= 0.3 is 0 Å². The van der Waals surface area contributed by atoms with Crippen LogP contribution in [0.5, 0.6) is 0 Å². The highest BCUT2D eigenvalue weighted by atomic mass is 35.5. The standard InChI is InChI=1S/C12H15ClFN/c1-2-8-5-12(8)15-7-9-3-4-10(14)6-11(9)13/h3-4,6,8,12,15H,2,5,7H2,1H3. The number of rotatable bonds is 4. The second-order valence-electron chi connectivity index (χ2n) is 4.13. The maximum absolute atomic E-state index is 12.8. The maximum atomic E-state index is 12.8. The monoisotopic (exact) mass is 227 g/mol. The summed E-state index contributed by atoms with van der Waals surface area (Å²) in [6, 6.07) is 5.19. The minimum Gasteiger partial charge on any atom is -0.310 e. The van der Waals surface area contributed by atoms with Crippen molar-refractivity contribution in [2.75, 3.05) is 0 Å². The van der Waals surface area contributed by atoms with E-state index in [1.54, 1.807) is 6.07 Å². The lowest BCUT2D eigenvalue weighted by atomic mass is 10.2. The van der Waals surface area contributed by atoms with Crippen molar-refractivity contribution in [3.05, 3.63) is 34.6 Å². The molecule has 1 nitrogen and oxygen atoms in total. The third-order valence-electron chi connectivity index (χ3n) is 3.02. The van der Waals surface area contributed by atoms with Crippen molar-refractivity contribution in [2.45, 2.75) is 32.4 Å². The average molecular weight is 228 g/mol. The topological polar surface area (TPSA) is 12.0 Å². The summed E-state index contributed by atoms with van der Waals surface area (Å²) in [5.74, 6) is 0.547. The largest absolute Gasteiger partial charge is 0.310 e. The fourth-order valence-electron chi connectivity index (χ4n) is 1.85. The smallest absolute Gasteiger partial charge is 0.124 e. The minimum absolute atomic E-state index is 0.276. The van der Waals surface area contributed by atoms with E-state index < -0.39 is 0 Å². The molecule has 0 spiro atoms. The second-order valence-corrected chi connectivity index (χ2v) is 4.53. The molecule has 15 heavy (non-hydrogen) atoms. The molecule has 1 aromatic rings. The first-order valence-corrected chi connectivity index (χ1v) is 5.75. The molecule has 1 aliphatic rings. The molecule has 0 saturated heterocycles. The Hall–Kier alpha value is -0.600. The Labute approximate surface area is 94.6 Å². The fourth-order valence-corrected chi connectivity index (χ4v) is 2.09. The summed E-state index contributed by atoms with van der Waals surface area (Å²) in [5, 5.41) is 3.94. The summed E-state index contributed by atoms with van der Waals surface area (Å²) in [6.07, 6.45) is 2.49. The van der Waals surface area contributed by atoms with Crippen molar-refractivity contribution in [1.29, 1.82) is 0 Å². The molecule has 0 bridgehead atoms. The van der Waals surface area contributed by atoms with Gasteiger partial charge < -0.3 is 5.32 Å². The van der Waals surface area contributed by atoms with E-state index in [2.05, 4.69) is 12.2 Å². The molecule has 1 fully saturated rings. The van der Waals surface area contributed by atoms with Crippen molar-refractivity contribution in [1.82, 2.24) is 5.32 Å². The molecule has 2 rings (SSSR count). The highest BCUT2D eigenvalue weighted by Crippen LogP contribution is 2.33. The van der Waals surface area contributed by atoms with Crippen LogP contribution in [0, 0.1) is 11.7 Å². The van der Waals surface area contributed by atoms with Gasteiger partial charge in [-0.3, -0.25) is 0 Å². The van der Waals surface area contributed by atoms with Gasteiger partial charge in [-0.15, -0.1) is 0 Å². The van der Waals surface area contributed by atoms with Crippen molar-refractivity contribution in [3.8, 4) is 0 Å². The van der Waals surface area contributed by atoms with Gasteiger partial charge in [-0.1, -0.05) is 31.0 Å². The predicted octanol–water partition coefficient (Wildman–Crippen LogP) is 3.37. The summed E-state index contributed by atoms with van der Waals surface area (Å²) in [6.45, 7) is 2.94. The lowest BCUT2D eigenvalue weighted by molar-refractivity contribution is 0.614. The molecule has 0 radical (unpaired) electrons.